The van der Waals surface area contributed by atoms with Crippen LogP contribution in [0.3, 0.4) is 0 Å². The molecule has 2 aromatic rings. The van der Waals surface area contributed by atoms with Crippen molar-refractivity contribution in [2.45, 2.75) is 33.1 Å². The van der Waals surface area contributed by atoms with Gasteiger partial charge in [0, 0.05) is 26.0 Å². The molecule has 2 heterocycles. The normalized spacial score (nSPS) is 10.9. The number of likely N-dealkylation sites (N-methyl/N-ethyl adjacent to an activating group) is 1. The fourth-order valence-electron chi connectivity index (χ4n) is 2.03. The second kappa shape index (κ2) is 5.87. The molecular weight excluding hydrogens is 238 g/mol. The minimum Gasteiger partial charge on any atom is -0.345 e. The molecule has 0 spiro atoms. The maximum atomic E-state index is 12.0. The molecule has 0 aliphatic heterocycles. The van der Waals surface area contributed by atoms with Gasteiger partial charge >= 0.3 is 0 Å². The second-order valence-electron chi connectivity index (χ2n) is 5.05. The predicted molar refractivity (Wildman–Crippen MR) is 76.2 cm³/mol. The van der Waals surface area contributed by atoms with E-state index in [9.17, 15) is 4.79 Å². The molecule has 0 saturated heterocycles. The standard InChI is InChI=1S/C15H21N3O/c1-4-5-7-17(3)15(19)10-13-11-18-8-6-12(2)9-14(18)16-13/h6,8-9,11H,4-5,7,10H2,1-3H3. The van der Waals surface area contributed by atoms with Gasteiger partial charge in [0.25, 0.3) is 0 Å². The zero-order chi connectivity index (χ0) is 13.8. The Hall–Kier alpha value is -1.84. The largest absolute Gasteiger partial charge is 0.345 e. The topological polar surface area (TPSA) is 37.6 Å². The number of rotatable bonds is 5. The summed E-state index contributed by atoms with van der Waals surface area (Å²) >= 11 is 0. The van der Waals surface area contributed by atoms with Crippen molar-refractivity contribution < 1.29 is 4.79 Å². The van der Waals surface area contributed by atoms with Crippen molar-refractivity contribution in [1.82, 2.24) is 14.3 Å². The Kier molecular flexibility index (Phi) is 4.20. The van der Waals surface area contributed by atoms with Crippen LogP contribution in [0.15, 0.2) is 24.5 Å². The van der Waals surface area contributed by atoms with E-state index < -0.39 is 0 Å². The summed E-state index contributed by atoms with van der Waals surface area (Å²) in [6.45, 7) is 4.99. The van der Waals surface area contributed by atoms with Gasteiger partial charge in [-0.3, -0.25) is 4.79 Å². The lowest BCUT2D eigenvalue weighted by Crippen LogP contribution is -2.29. The summed E-state index contributed by atoms with van der Waals surface area (Å²) in [5.74, 6) is 0.133. The predicted octanol–water partition coefficient (Wildman–Crippen LogP) is 2.44. The maximum Gasteiger partial charge on any atom is 0.228 e. The van der Waals surface area contributed by atoms with E-state index >= 15 is 0 Å². The van der Waals surface area contributed by atoms with Gasteiger partial charge in [-0.25, -0.2) is 4.98 Å². The first kappa shape index (κ1) is 13.6. The van der Waals surface area contributed by atoms with E-state index in [1.165, 1.54) is 5.56 Å². The van der Waals surface area contributed by atoms with E-state index in [-0.39, 0.29) is 5.91 Å². The zero-order valence-corrected chi connectivity index (χ0v) is 11.9. The molecule has 0 bridgehead atoms. The Morgan fingerprint density at radius 3 is 3.00 bits per heavy atom. The highest BCUT2D eigenvalue weighted by Crippen LogP contribution is 2.09. The zero-order valence-electron chi connectivity index (χ0n) is 11.9. The van der Waals surface area contributed by atoms with Crippen molar-refractivity contribution in [3.05, 3.63) is 35.8 Å². The van der Waals surface area contributed by atoms with E-state index in [0.29, 0.717) is 6.42 Å². The van der Waals surface area contributed by atoms with Gasteiger partial charge in [-0.1, -0.05) is 13.3 Å². The smallest absolute Gasteiger partial charge is 0.228 e. The molecule has 2 aromatic heterocycles. The summed E-state index contributed by atoms with van der Waals surface area (Å²) in [6, 6.07) is 4.06. The number of nitrogens with zero attached hydrogens (tertiary/aromatic N) is 3. The molecular formula is C15H21N3O. The first-order chi connectivity index (χ1) is 9.10. The van der Waals surface area contributed by atoms with Crippen LogP contribution in [0.4, 0.5) is 0 Å². The van der Waals surface area contributed by atoms with Crippen molar-refractivity contribution in [3.63, 3.8) is 0 Å². The number of hydrogen-bond acceptors (Lipinski definition) is 2. The lowest BCUT2D eigenvalue weighted by molar-refractivity contribution is -0.129. The molecule has 4 nitrogen and oxygen atoms in total. The van der Waals surface area contributed by atoms with Gasteiger partial charge in [-0.15, -0.1) is 0 Å². The van der Waals surface area contributed by atoms with E-state index in [1.54, 1.807) is 4.90 Å². The summed E-state index contributed by atoms with van der Waals surface area (Å²) in [7, 11) is 1.86. The molecule has 0 atom stereocenters. The number of imidazole rings is 1. The average Bonchev–Trinajstić information content (AvgIpc) is 2.77. The van der Waals surface area contributed by atoms with Crippen LogP contribution in [0.2, 0.25) is 0 Å². The lowest BCUT2D eigenvalue weighted by Gasteiger charge is -2.15. The first-order valence-electron chi connectivity index (χ1n) is 6.78. The van der Waals surface area contributed by atoms with Gasteiger partial charge in [0.1, 0.15) is 5.65 Å². The van der Waals surface area contributed by atoms with Crippen LogP contribution in [0.25, 0.3) is 5.65 Å². The molecule has 1 amide bonds. The third kappa shape index (κ3) is 3.34. The number of fused-ring (bicyclic) bond motifs is 1. The second-order valence-corrected chi connectivity index (χ2v) is 5.05. The van der Waals surface area contributed by atoms with Crippen molar-refractivity contribution in [2.24, 2.45) is 0 Å². The minimum atomic E-state index is 0.133. The summed E-state index contributed by atoms with van der Waals surface area (Å²) in [5.41, 5.74) is 2.91. The Bertz CT molecular complexity index is 574. The number of hydrogen-bond donors (Lipinski definition) is 0. The molecule has 0 aliphatic carbocycles. The van der Waals surface area contributed by atoms with Gasteiger partial charge in [-0.05, 0) is 31.0 Å². The van der Waals surface area contributed by atoms with Crippen LogP contribution in [0.5, 0.6) is 0 Å². The van der Waals surface area contributed by atoms with Crippen molar-refractivity contribution >= 4 is 11.6 Å². The van der Waals surface area contributed by atoms with Crippen LogP contribution in [0, 0.1) is 6.92 Å². The SMILES string of the molecule is CCCCN(C)C(=O)Cc1cn2ccc(C)cc2n1. The van der Waals surface area contributed by atoms with Crippen LogP contribution >= 0.6 is 0 Å². The molecule has 0 fully saturated rings. The van der Waals surface area contributed by atoms with E-state index in [1.807, 2.05) is 42.9 Å². The lowest BCUT2D eigenvalue weighted by atomic mass is 10.2. The highest BCUT2D eigenvalue weighted by molar-refractivity contribution is 5.78. The van der Waals surface area contributed by atoms with Crippen molar-refractivity contribution in [3.8, 4) is 0 Å². The molecule has 0 saturated carbocycles. The third-order valence-corrected chi connectivity index (χ3v) is 3.27. The van der Waals surface area contributed by atoms with Crippen LogP contribution < -0.4 is 0 Å². The highest BCUT2D eigenvalue weighted by Gasteiger charge is 2.11. The van der Waals surface area contributed by atoms with Gasteiger partial charge in [0.15, 0.2) is 0 Å². The number of aryl methyl sites for hydroxylation is 1. The van der Waals surface area contributed by atoms with Gasteiger partial charge < -0.3 is 9.30 Å². The molecule has 19 heavy (non-hydrogen) atoms. The third-order valence-electron chi connectivity index (χ3n) is 3.27. The Labute approximate surface area is 114 Å². The molecule has 0 aliphatic rings. The number of amides is 1. The monoisotopic (exact) mass is 259 g/mol. The number of pyridine rings is 1. The van der Waals surface area contributed by atoms with Crippen molar-refractivity contribution in [1.29, 1.82) is 0 Å². The summed E-state index contributed by atoms with van der Waals surface area (Å²) < 4.78 is 1.96. The first-order valence-corrected chi connectivity index (χ1v) is 6.78. The fourth-order valence-corrected chi connectivity index (χ4v) is 2.03. The molecule has 2 rings (SSSR count). The van der Waals surface area contributed by atoms with E-state index in [2.05, 4.69) is 11.9 Å². The van der Waals surface area contributed by atoms with Crippen molar-refractivity contribution in [2.75, 3.05) is 13.6 Å². The Morgan fingerprint density at radius 2 is 2.26 bits per heavy atom. The summed E-state index contributed by atoms with van der Waals surface area (Å²) in [5, 5.41) is 0. The highest BCUT2D eigenvalue weighted by atomic mass is 16.2. The van der Waals surface area contributed by atoms with Crippen LogP contribution in [-0.4, -0.2) is 33.8 Å². The van der Waals surface area contributed by atoms with E-state index in [0.717, 1.165) is 30.7 Å². The fraction of sp³-hybridized carbons (Fsp3) is 0.467. The van der Waals surface area contributed by atoms with Gasteiger partial charge in [-0.2, -0.15) is 0 Å². The van der Waals surface area contributed by atoms with Crippen LogP contribution in [-0.2, 0) is 11.2 Å². The average molecular weight is 259 g/mol. The number of carbonyl (C=O) groups excluding carboxylic acids is 1. The summed E-state index contributed by atoms with van der Waals surface area (Å²) in [4.78, 5) is 18.3. The number of aromatic nitrogens is 2. The van der Waals surface area contributed by atoms with Gasteiger partial charge in [0.05, 0.1) is 12.1 Å². The molecule has 0 N–H and O–H groups in total. The van der Waals surface area contributed by atoms with E-state index in [4.69, 9.17) is 0 Å². The molecule has 4 heteroatoms. The molecule has 0 unspecified atom stereocenters. The minimum absolute atomic E-state index is 0.133. The molecule has 102 valence electrons. The quantitative estimate of drug-likeness (QED) is 0.827. The Balaban J connectivity index is 2.06. The molecule has 0 radical (unpaired) electrons. The number of carbonyl (C=O) groups is 1. The Morgan fingerprint density at radius 1 is 1.47 bits per heavy atom. The molecule has 0 aromatic carbocycles. The maximum absolute atomic E-state index is 12.0. The number of unbranched alkanes of at least 4 members (excludes halogenated alkanes) is 1. The van der Waals surface area contributed by atoms with Gasteiger partial charge in [0.2, 0.25) is 5.91 Å². The summed E-state index contributed by atoms with van der Waals surface area (Å²) in [6.07, 6.45) is 6.44. The van der Waals surface area contributed by atoms with Crippen LogP contribution in [0.1, 0.15) is 31.0 Å².